The van der Waals surface area contributed by atoms with Crippen LogP contribution in [0.2, 0.25) is 0 Å². The quantitative estimate of drug-likeness (QED) is 0.651. The van der Waals surface area contributed by atoms with Crippen molar-refractivity contribution >= 4 is 16.9 Å². The summed E-state index contributed by atoms with van der Waals surface area (Å²) in [7, 11) is 0. The maximum absolute atomic E-state index is 11.2. The van der Waals surface area contributed by atoms with Crippen molar-refractivity contribution in [1.82, 2.24) is 0 Å². The van der Waals surface area contributed by atoms with Crippen LogP contribution in [0.15, 0.2) is 0 Å². The van der Waals surface area contributed by atoms with E-state index >= 15 is 0 Å². The lowest BCUT2D eigenvalue weighted by Crippen LogP contribution is -2.03. The van der Waals surface area contributed by atoms with Crippen LogP contribution in [0.5, 0.6) is 0 Å². The zero-order chi connectivity index (χ0) is 8.85. The van der Waals surface area contributed by atoms with Crippen LogP contribution in [0.4, 0.5) is 0 Å². The van der Waals surface area contributed by atoms with Crippen molar-refractivity contribution < 1.29 is 4.79 Å². The average molecular weight is 174 g/mol. The van der Waals surface area contributed by atoms with Crippen molar-refractivity contribution in [3.05, 3.63) is 0 Å². The molecule has 0 aliphatic carbocycles. The van der Waals surface area contributed by atoms with E-state index in [9.17, 15) is 4.79 Å². The molecule has 0 aliphatic heterocycles. The Balaban J connectivity index is 3.52. The van der Waals surface area contributed by atoms with E-state index in [1.807, 2.05) is 0 Å². The number of rotatable bonds is 4. The van der Waals surface area contributed by atoms with Gasteiger partial charge in [-0.05, 0) is 12.3 Å². The molecular formula is C9H18OS. The second-order valence-electron chi connectivity index (χ2n) is 3.31. The van der Waals surface area contributed by atoms with Crippen LogP contribution in [-0.4, -0.2) is 10.4 Å². The van der Waals surface area contributed by atoms with Crippen LogP contribution < -0.4 is 0 Å². The van der Waals surface area contributed by atoms with Crippen LogP contribution in [0.3, 0.4) is 0 Å². The van der Waals surface area contributed by atoms with E-state index in [0.29, 0.717) is 16.3 Å². The Morgan fingerprint density at radius 2 is 1.91 bits per heavy atom. The Labute approximate surface area is 73.9 Å². The molecule has 0 saturated carbocycles. The Morgan fingerprint density at radius 3 is 2.27 bits per heavy atom. The highest BCUT2D eigenvalue weighted by atomic mass is 32.2. The molecule has 11 heavy (non-hydrogen) atoms. The minimum absolute atomic E-state index is 0.342. The first kappa shape index (κ1) is 11.0. The van der Waals surface area contributed by atoms with Gasteiger partial charge in [-0.15, -0.1) is 0 Å². The third-order valence-electron chi connectivity index (χ3n) is 1.48. The maximum Gasteiger partial charge on any atom is 0.189 e. The van der Waals surface area contributed by atoms with Gasteiger partial charge >= 0.3 is 0 Å². The van der Waals surface area contributed by atoms with Gasteiger partial charge in [-0.2, -0.15) is 0 Å². The lowest BCUT2D eigenvalue weighted by molar-refractivity contribution is -0.111. The number of carbonyl (C=O) groups excluding carboxylic acids is 1. The molecule has 1 atom stereocenters. The molecule has 2 heteroatoms. The van der Waals surface area contributed by atoms with E-state index in [2.05, 4.69) is 27.7 Å². The second kappa shape index (κ2) is 5.64. The molecule has 0 fully saturated rings. The van der Waals surface area contributed by atoms with Crippen molar-refractivity contribution in [2.45, 2.75) is 45.8 Å². The maximum atomic E-state index is 11.2. The molecule has 0 aromatic heterocycles. The average Bonchev–Trinajstić information content (AvgIpc) is 1.85. The Hall–Kier alpha value is 0.0200. The van der Waals surface area contributed by atoms with Crippen LogP contribution >= 0.6 is 11.8 Å². The van der Waals surface area contributed by atoms with Gasteiger partial charge in [-0.3, -0.25) is 4.79 Å². The molecule has 0 bridgehead atoms. The fourth-order valence-electron chi connectivity index (χ4n) is 0.689. The second-order valence-corrected chi connectivity index (χ2v) is 4.80. The molecule has 0 radical (unpaired) electrons. The summed E-state index contributed by atoms with van der Waals surface area (Å²) in [4.78, 5) is 11.2. The zero-order valence-corrected chi connectivity index (χ0v) is 8.70. The van der Waals surface area contributed by atoms with Gasteiger partial charge < -0.3 is 0 Å². The minimum Gasteiger partial charge on any atom is -0.287 e. The Bertz CT molecular complexity index is 121. The molecule has 0 aliphatic rings. The SMILES string of the molecule is CC[C@@H](C)SC(=O)CC(C)C. The topological polar surface area (TPSA) is 17.1 Å². The van der Waals surface area contributed by atoms with E-state index in [1.54, 1.807) is 0 Å². The molecular weight excluding hydrogens is 156 g/mol. The van der Waals surface area contributed by atoms with Gasteiger partial charge in [-0.25, -0.2) is 0 Å². The summed E-state index contributed by atoms with van der Waals surface area (Å²) < 4.78 is 0. The summed E-state index contributed by atoms with van der Waals surface area (Å²) in [5, 5.41) is 0.829. The molecule has 0 N–H and O–H groups in total. The zero-order valence-electron chi connectivity index (χ0n) is 7.89. The van der Waals surface area contributed by atoms with Crippen LogP contribution in [0.25, 0.3) is 0 Å². The summed E-state index contributed by atoms with van der Waals surface area (Å²) in [5.41, 5.74) is 0. The van der Waals surface area contributed by atoms with Gasteiger partial charge in [0.15, 0.2) is 5.12 Å². The Kier molecular flexibility index (Phi) is 5.65. The van der Waals surface area contributed by atoms with Gasteiger partial charge in [0, 0.05) is 11.7 Å². The highest BCUT2D eigenvalue weighted by Crippen LogP contribution is 2.18. The number of thioether (sulfide) groups is 1. The monoisotopic (exact) mass is 174 g/mol. The highest BCUT2D eigenvalue weighted by Gasteiger charge is 2.09. The third-order valence-corrected chi connectivity index (χ3v) is 2.65. The molecule has 66 valence electrons. The fraction of sp³-hybridized carbons (Fsp3) is 0.889. The first-order valence-electron chi connectivity index (χ1n) is 4.25. The van der Waals surface area contributed by atoms with Crippen molar-refractivity contribution in [3.63, 3.8) is 0 Å². The smallest absolute Gasteiger partial charge is 0.189 e. The van der Waals surface area contributed by atoms with E-state index in [0.717, 1.165) is 12.8 Å². The summed E-state index contributed by atoms with van der Waals surface area (Å²) in [6, 6.07) is 0. The van der Waals surface area contributed by atoms with Gasteiger partial charge in [0.25, 0.3) is 0 Å². The largest absolute Gasteiger partial charge is 0.287 e. The first-order chi connectivity index (χ1) is 5.06. The fourth-order valence-corrected chi connectivity index (χ4v) is 1.73. The lowest BCUT2D eigenvalue weighted by atomic mass is 10.2. The summed E-state index contributed by atoms with van der Waals surface area (Å²) in [6.07, 6.45) is 1.80. The van der Waals surface area contributed by atoms with Gasteiger partial charge in [0.1, 0.15) is 0 Å². The normalized spacial score (nSPS) is 13.5. The molecule has 0 aromatic rings. The number of hydrogen-bond donors (Lipinski definition) is 0. The molecule has 0 heterocycles. The van der Waals surface area contributed by atoms with Crippen LogP contribution in [-0.2, 0) is 4.79 Å². The van der Waals surface area contributed by atoms with E-state index < -0.39 is 0 Å². The van der Waals surface area contributed by atoms with Crippen molar-refractivity contribution in [2.24, 2.45) is 5.92 Å². The predicted octanol–water partition coefficient (Wildman–Crippen LogP) is 3.09. The summed E-state index contributed by atoms with van der Waals surface area (Å²) >= 11 is 1.49. The van der Waals surface area contributed by atoms with Crippen molar-refractivity contribution in [1.29, 1.82) is 0 Å². The predicted molar refractivity (Wildman–Crippen MR) is 51.8 cm³/mol. The lowest BCUT2D eigenvalue weighted by Gasteiger charge is -2.07. The van der Waals surface area contributed by atoms with Crippen LogP contribution in [0, 0.1) is 5.92 Å². The molecule has 0 spiro atoms. The van der Waals surface area contributed by atoms with E-state index in [-0.39, 0.29) is 0 Å². The summed E-state index contributed by atoms with van der Waals surface area (Å²) in [6.45, 7) is 8.37. The van der Waals surface area contributed by atoms with Gasteiger partial charge in [0.2, 0.25) is 0 Å². The number of carbonyl (C=O) groups is 1. The molecule has 0 aromatic carbocycles. The minimum atomic E-state index is 0.342. The van der Waals surface area contributed by atoms with Crippen LogP contribution in [0.1, 0.15) is 40.5 Å². The van der Waals surface area contributed by atoms with E-state index in [1.165, 1.54) is 11.8 Å². The standard InChI is InChI=1S/C9H18OS/c1-5-8(4)11-9(10)6-7(2)3/h7-8H,5-6H2,1-4H3/t8-/m1/s1. The third kappa shape index (κ3) is 6.42. The molecule has 1 nitrogen and oxygen atoms in total. The molecule has 0 unspecified atom stereocenters. The first-order valence-corrected chi connectivity index (χ1v) is 5.13. The van der Waals surface area contributed by atoms with Gasteiger partial charge in [-0.1, -0.05) is 39.5 Å². The van der Waals surface area contributed by atoms with Gasteiger partial charge in [0.05, 0.1) is 0 Å². The molecule has 0 amide bonds. The molecule has 0 saturated heterocycles. The Morgan fingerprint density at radius 1 is 1.36 bits per heavy atom. The number of hydrogen-bond acceptors (Lipinski definition) is 2. The molecule has 0 rings (SSSR count). The van der Waals surface area contributed by atoms with Crippen molar-refractivity contribution in [2.75, 3.05) is 0 Å². The van der Waals surface area contributed by atoms with Crippen molar-refractivity contribution in [3.8, 4) is 0 Å². The van der Waals surface area contributed by atoms with E-state index in [4.69, 9.17) is 0 Å². The summed E-state index contributed by atoms with van der Waals surface area (Å²) in [5.74, 6) is 0.499. The highest BCUT2D eigenvalue weighted by molar-refractivity contribution is 8.14.